The minimum atomic E-state index is -1.41. The predicted octanol–water partition coefficient (Wildman–Crippen LogP) is 1.63. The molecule has 1 aliphatic heterocycles. The number of aliphatic hydroxyl groups is 2. The monoisotopic (exact) mass is 724 g/mol. The second-order valence-corrected chi connectivity index (χ2v) is 15.3. The molecule has 18 heteroatoms. The first-order valence-corrected chi connectivity index (χ1v) is 17.5. The average Bonchev–Trinajstić information content (AvgIpc) is 3.21. The summed E-state index contributed by atoms with van der Waals surface area (Å²) in [4.78, 5) is 25.8. The largest absolute Gasteiger partial charge is 0.691 e. The molecule has 13 atom stereocenters. The number of rotatable bonds is 15. The van der Waals surface area contributed by atoms with Crippen LogP contribution in [0, 0.1) is 40.4 Å². The highest BCUT2D eigenvalue weighted by atomic mass is 32.2. The third kappa shape index (κ3) is 7.43. The van der Waals surface area contributed by atoms with Crippen LogP contribution in [0.5, 0.6) is 0 Å². The van der Waals surface area contributed by atoms with Crippen molar-refractivity contribution in [2.24, 2.45) is 40.4 Å². The van der Waals surface area contributed by atoms with E-state index in [0.717, 1.165) is 31.3 Å². The molecule has 48 heavy (non-hydrogen) atoms. The third-order valence-electron chi connectivity index (χ3n) is 11.4. The Morgan fingerprint density at radius 2 is 1.75 bits per heavy atom. The van der Waals surface area contributed by atoms with Gasteiger partial charge in [-0.3, -0.25) is 28.0 Å². The lowest BCUT2D eigenvalue weighted by atomic mass is 9.43. The van der Waals surface area contributed by atoms with Gasteiger partial charge in [0.25, 0.3) is 0 Å². The number of carbonyl (C=O) groups is 2. The summed E-state index contributed by atoms with van der Waals surface area (Å²) in [7, 11) is 0. The van der Waals surface area contributed by atoms with Crippen LogP contribution in [-0.2, 0) is 50.9 Å². The van der Waals surface area contributed by atoms with Crippen molar-refractivity contribution < 1.29 is 76.7 Å². The van der Waals surface area contributed by atoms with Gasteiger partial charge >= 0.3 is 11.9 Å². The molecule has 5 aliphatic rings. The first kappa shape index (κ1) is 38.1. The van der Waals surface area contributed by atoms with Gasteiger partial charge in [0.15, 0.2) is 37.0 Å². The molecule has 274 valence electrons. The lowest BCUT2D eigenvalue weighted by molar-refractivity contribution is -0.778. The Labute approximate surface area is 287 Å². The molecule has 3 N–H and O–H groups in total. The lowest BCUT2D eigenvalue weighted by Crippen LogP contribution is -2.63. The molecule has 0 aromatic carbocycles. The van der Waals surface area contributed by atoms with E-state index in [1.165, 1.54) is 0 Å². The van der Waals surface area contributed by atoms with Gasteiger partial charge in [-0.25, -0.2) is 0 Å². The Morgan fingerprint density at radius 3 is 2.38 bits per heavy atom. The molecular weight excluding hydrogens is 680 g/mol. The van der Waals surface area contributed by atoms with E-state index >= 15 is 0 Å². The molecule has 1 saturated heterocycles. The van der Waals surface area contributed by atoms with Crippen molar-refractivity contribution in [1.82, 2.24) is 0 Å². The number of hydrogen-bond acceptors (Lipinski definition) is 17. The second-order valence-electron chi connectivity index (χ2n) is 14.3. The fraction of sp³-hybridized carbons (Fsp3) is 0.867. The number of ether oxygens (including phenoxy) is 3. The third-order valence-corrected chi connectivity index (χ3v) is 12.3. The Hall–Kier alpha value is -1.10. The van der Waals surface area contributed by atoms with Gasteiger partial charge in [0.2, 0.25) is 0 Å². The van der Waals surface area contributed by atoms with E-state index in [1.807, 2.05) is 13.8 Å². The molecule has 0 aromatic rings. The zero-order chi connectivity index (χ0) is 34.8. The van der Waals surface area contributed by atoms with E-state index in [2.05, 4.69) is 32.2 Å². The van der Waals surface area contributed by atoms with Crippen LogP contribution in [-0.4, -0.2) is 76.8 Å². The SMILES string of the molecule is C=C1C2CCC3C4(C)CC(O[C@H]5O[C@H](CO)[C@@H](OSOO[O-])[C@@H](OSOO[O-])C5OC(=O)CC(C)C)CC(C(=O)O)C4CCC3(C2)[C@H]1O. The molecule has 16 nitrogen and oxygen atoms in total. The summed E-state index contributed by atoms with van der Waals surface area (Å²) in [6.07, 6.45) is -3.64. The fourth-order valence-electron chi connectivity index (χ4n) is 9.69. The molecule has 4 saturated carbocycles. The van der Waals surface area contributed by atoms with Crippen molar-refractivity contribution in [3.05, 3.63) is 12.2 Å². The first-order chi connectivity index (χ1) is 22.9. The number of aliphatic carboxylic acids is 1. The van der Waals surface area contributed by atoms with Gasteiger partial charge in [0.1, 0.15) is 18.3 Å². The van der Waals surface area contributed by atoms with Gasteiger partial charge in [-0.05, 0) is 79.6 Å². The number of hydrogen-bond donors (Lipinski definition) is 3. The molecule has 0 aromatic heterocycles. The highest BCUT2D eigenvalue weighted by molar-refractivity contribution is 7.90. The quantitative estimate of drug-likeness (QED) is 0.0415. The molecule has 1 heterocycles. The van der Waals surface area contributed by atoms with E-state index in [9.17, 15) is 35.4 Å². The molecule has 0 amide bonds. The Bertz CT molecular complexity index is 1150. The number of aliphatic hydroxyl groups excluding tert-OH is 2. The molecule has 4 aliphatic carbocycles. The van der Waals surface area contributed by atoms with E-state index in [1.54, 1.807) is 0 Å². The van der Waals surface area contributed by atoms with Crippen molar-refractivity contribution in [3.8, 4) is 0 Å². The highest BCUT2D eigenvalue weighted by Gasteiger charge is 2.67. The van der Waals surface area contributed by atoms with Crippen LogP contribution < -0.4 is 10.5 Å². The minimum Gasteiger partial charge on any atom is -0.691 e. The maximum Gasteiger partial charge on any atom is 0.306 e. The van der Waals surface area contributed by atoms with E-state index in [0.29, 0.717) is 12.8 Å². The summed E-state index contributed by atoms with van der Waals surface area (Å²) in [5, 5.41) is 59.9. The van der Waals surface area contributed by atoms with Gasteiger partial charge in [-0.15, -0.1) is 8.67 Å². The van der Waals surface area contributed by atoms with Gasteiger partial charge in [-0.1, -0.05) is 27.4 Å². The van der Waals surface area contributed by atoms with Crippen molar-refractivity contribution in [1.29, 1.82) is 0 Å². The van der Waals surface area contributed by atoms with Gasteiger partial charge in [0.05, 0.1) is 24.7 Å². The number of fused-ring (bicyclic) bond motifs is 3. The Morgan fingerprint density at radius 1 is 1.06 bits per heavy atom. The molecule has 5 fully saturated rings. The van der Waals surface area contributed by atoms with Crippen LogP contribution in [0.25, 0.3) is 0 Å². The van der Waals surface area contributed by atoms with Crippen molar-refractivity contribution in [2.45, 2.75) is 115 Å². The normalized spacial score (nSPS) is 42.3. The van der Waals surface area contributed by atoms with E-state index < -0.39 is 72.8 Å². The number of carboxylic acids is 1. The second kappa shape index (κ2) is 16.1. The van der Waals surface area contributed by atoms with E-state index in [4.69, 9.17) is 22.6 Å². The predicted molar refractivity (Wildman–Crippen MR) is 159 cm³/mol. The standard InChI is InChI=1S/C30H46O16S2/c1-14(2)9-22(32)40-25-24(42-48-46-44-37)23(41-47-45-43-36)20(13-31)39-28(25)38-17-10-18(27(34)35)19-7-8-30-11-16(15(3)26(30)33)5-6-21(30)29(19,4)12-17/h14,16-21,23-26,28,31,33,36-37H,3,5-13H2,1-2,4H3,(H,34,35)/p-2/t16?,17?,18?,19?,20-,21?,23-,24-,25?,26+,28+,29?,30?/m1/s1. The zero-order valence-electron chi connectivity index (χ0n) is 27.0. The Kier molecular flexibility index (Phi) is 12.8. The van der Waals surface area contributed by atoms with E-state index in [-0.39, 0.29) is 66.6 Å². The van der Waals surface area contributed by atoms with Gasteiger partial charge in [-0.2, -0.15) is 0 Å². The minimum absolute atomic E-state index is 0.00271. The fourth-order valence-corrected chi connectivity index (χ4v) is 10.4. The van der Waals surface area contributed by atoms with Crippen molar-refractivity contribution in [3.63, 3.8) is 0 Å². The molecule has 8 unspecified atom stereocenters. The smallest absolute Gasteiger partial charge is 0.306 e. The molecule has 1 spiro atoms. The maximum atomic E-state index is 13.0. The number of esters is 1. The van der Waals surface area contributed by atoms with Crippen LogP contribution in [0.4, 0.5) is 0 Å². The summed E-state index contributed by atoms with van der Waals surface area (Å²) >= 11 is 0.195. The van der Waals surface area contributed by atoms with Crippen molar-refractivity contribution >= 4 is 36.6 Å². The van der Waals surface area contributed by atoms with Crippen LogP contribution in [0.3, 0.4) is 0 Å². The lowest BCUT2D eigenvalue weighted by Gasteiger charge is -2.62. The summed E-state index contributed by atoms with van der Waals surface area (Å²) in [5.74, 6) is -2.34. The molecular formula is C30H44O16S2-2. The highest BCUT2D eigenvalue weighted by Crippen LogP contribution is 2.70. The van der Waals surface area contributed by atoms with Crippen LogP contribution in [0.15, 0.2) is 12.2 Å². The first-order valence-electron chi connectivity index (χ1n) is 16.2. The zero-order valence-corrected chi connectivity index (χ0v) is 28.6. The Balaban J connectivity index is 1.46. The summed E-state index contributed by atoms with van der Waals surface area (Å²) in [6, 6.07) is 0. The van der Waals surface area contributed by atoms with Crippen molar-refractivity contribution in [2.75, 3.05) is 6.61 Å². The number of carboxylic acid groups (broad SMARTS) is 1. The molecule has 0 radical (unpaired) electrons. The van der Waals surface area contributed by atoms with Gasteiger partial charge < -0.3 is 40.0 Å². The summed E-state index contributed by atoms with van der Waals surface area (Å²) < 4.78 is 38.0. The van der Waals surface area contributed by atoms with Crippen LogP contribution in [0.1, 0.15) is 72.1 Å². The average molecular weight is 725 g/mol. The molecule has 2 bridgehead atoms. The topological polar surface area (TPSA) is 224 Å². The van der Waals surface area contributed by atoms with Crippen LogP contribution >= 0.6 is 24.6 Å². The molecule has 5 rings (SSSR count). The maximum absolute atomic E-state index is 13.0. The van der Waals surface area contributed by atoms with Gasteiger partial charge in [0, 0.05) is 11.8 Å². The number of carbonyl (C=O) groups excluding carboxylic acids is 1. The summed E-state index contributed by atoms with van der Waals surface area (Å²) in [6.45, 7) is 9.27. The van der Waals surface area contributed by atoms with Crippen LogP contribution in [0.2, 0.25) is 0 Å². The summed E-state index contributed by atoms with van der Waals surface area (Å²) in [5.41, 5.74) is -0.0441.